The lowest BCUT2D eigenvalue weighted by Crippen LogP contribution is -2.35. The number of hydrogen-bond acceptors (Lipinski definition) is 3. The fraction of sp³-hybridized carbons (Fsp3) is 0.529. The number of rotatable bonds is 5. The summed E-state index contributed by atoms with van der Waals surface area (Å²) in [6.45, 7) is 5.82. The molecule has 1 saturated heterocycles. The SMILES string of the molecule is C[C@@H](CCN1CCC[C@H](c2ncn[nH]2)C1)c1ccccc1. The fourth-order valence-electron chi connectivity index (χ4n) is 3.22. The summed E-state index contributed by atoms with van der Waals surface area (Å²) in [5, 5.41) is 7.01. The number of nitrogens with one attached hydrogen (secondary N) is 1. The molecule has 2 aromatic rings. The summed E-state index contributed by atoms with van der Waals surface area (Å²) in [4.78, 5) is 6.90. The number of aromatic amines is 1. The van der Waals surface area contributed by atoms with Gasteiger partial charge in [0.2, 0.25) is 0 Å². The number of nitrogens with zero attached hydrogens (tertiary/aromatic N) is 3. The molecule has 1 aromatic carbocycles. The van der Waals surface area contributed by atoms with E-state index in [0.717, 1.165) is 12.4 Å². The lowest BCUT2D eigenvalue weighted by molar-refractivity contribution is 0.199. The molecule has 1 fully saturated rings. The molecule has 2 heterocycles. The average Bonchev–Trinajstić information content (AvgIpc) is 3.08. The first kappa shape index (κ1) is 14.3. The van der Waals surface area contributed by atoms with Gasteiger partial charge in [0.1, 0.15) is 12.2 Å². The summed E-state index contributed by atoms with van der Waals surface area (Å²) < 4.78 is 0. The molecule has 4 heteroatoms. The molecular formula is C17H24N4. The van der Waals surface area contributed by atoms with Crippen LogP contribution in [0.4, 0.5) is 0 Å². The van der Waals surface area contributed by atoms with Gasteiger partial charge in [-0.15, -0.1) is 0 Å². The number of likely N-dealkylation sites (tertiary alicyclic amines) is 1. The van der Waals surface area contributed by atoms with E-state index >= 15 is 0 Å². The highest BCUT2D eigenvalue weighted by Gasteiger charge is 2.23. The van der Waals surface area contributed by atoms with Gasteiger partial charge in [0.15, 0.2) is 0 Å². The molecule has 1 aliphatic heterocycles. The van der Waals surface area contributed by atoms with Crippen molar-refractivity contribution in [1.82, 2.24) is 20.1 Å². The highest BCUT2D eigenvalue weighted by atomic mass is 15.2. The van der Waals surface area contributed by atoms with Crippen molar-refractivity contribution in [3.05, 3.63) is 48.0 Å². The Kier molecular flexibility index (Phi) is 4.65. The Hall–Kier alpha value is -1.68. The molecule has 1 aromatic heterocycles. The second-order valence-electron chi connectivity index (χ2n) is 6.11. The number of aromatic nitrogens is 3. The zero-order valence-electron chi connectivity index (χ0n) is 12.7. The normalized spacial score (nSPS) is 21.3. The van der Waals surface area contributed by atoms with Crippen molar-refractivity contribution in [1.29, 1.82) is 0 Å². The number of H-pyrrole nitrogens is 1. The highest BCUT2D eigenvalue weighted by Crippen LogP contribution is 2.25. The van der Waals surface area contributed by atoms with Crippen LogP contribution in [0.5, 0.6) is 0 Å². The van der Waals surface area contributed by atoms with Crippen LogP contribution < -0.4 is 0 Å². The van der Waals surface area contributed by atoms with Crippen molar-refractivity contribution in [3.8, 4) is 0 Å². The monoisotopic (exact) mass is 284 g/mol. The molecule has 0 amide bonds. The Morgan fingerprint density at radius 2 is 2.19 bits per heavy atom. The minimum atomic E-state index is 0.522. The van der Waals surface area contributed by atoms with Gasteiger partial charge in [0, 0.05) is 12.5 Å². The topological polar surface area (TPSA) is 44.8 Å². The van der Waals surface area contributed by atoms with Gasteiger partial charge < -0.3 is 4.90 Å². The van der Waals surface area contributed by atoms with Crippen LogP contribution in [-0.2, 0) is 0 Å². The third kappa shape index (κ3) is 3.70. The van der Waals surface area contributed by atoms with Crippen molar-refractivity contribution >= 4 is 0 Å². The summed E-state index contributed by atoms with van der Waals surface area (Å²) in [5.41, 5.74) is 1.45. The Morgan fingerprint density at radius 1 is 1.33 bits per heavy atom. The maximum absolute atomic E-state index is 4.32. The summed E-state index contributed by atoms with van der Waals surface area (Å²) >= 11 is 0. The van der Waals surface area contributed by atoms with Crippen LogP contribution in [0.25, 0.3) is 0 Å². The van der Waals surface area contributed by atoms with E-state index in [1.54, 1.807) is 6.33 Å². The van der Waals surface area contributed by atoms with E-state index in [0.29, 0.717) is 11.8 Å². The summed E-state index contributed by atoms with van der Waals surface area (Å²) in [6, 6.07) is 10.8. The first-order valence-electron chi connectivity index (χ1n) is 7.95. The van der Waals surface area contributed by atoms with E-state index in [-0.39, 0.29) is 0 Å². The molecule has 2 atom stereocenters. The third-order valence-electron chi connectivity index (χ3n) is 4.57. The van der Waals surface area contributed by atoms with Crippen molar-refractivity contribution in [2.75, 3.05) is 19.6 Å². The zero-order valence-corrected chi connectivity index (χ0v) is 12.7. The molecular weight excluding hydrogens is 260 g/mol. The molecule has 112 valence electrons. The van der Waals surface area contributed by atoms with Crippen molar-refractivity contribution < 1.29 is 0 Å². The van der Waals surface area contributed by atoms with E-state index in [9.17, 15) is 0 Å². The average molecular weight is 284 g/mol. The Bertz CT molecular complexity index is 523. The first-order valence-corrected chi connectivity index (χ1v) is 7.95. The standard InChI is InChI=1S/C17H24N4/c1-14(15-6-3-2-4-7-15)9-11-21-10-5-8-16(12-21)17-18-13-19-20-17/h2-4,6-7,13-14,16H,5,8-12H2,1H3,(H,18,19,20)/t14-,16-/m0/s1. The van der Waals surface area contributed by atoms with Crippen LogP contribution in [0, 0.1) is 0 Å². The molecule has 0 spiro atoms. The Balaban J connectivity index is 1.51. The highest BCUT2D eigenvalue weighted by molar-refractivity contribution is 5.18. The van der Waals surface area contributed by atoms with E-state index in [1.165, 1.54) is 37.9 Å². The molecule has 1 aliphatic rings. The third-order valence-corrected chi connectivity index (χ3v) is 4.57. The summed E-state index contributed by atoms with van der Waals surface area (Å²) in [7, 11) is 0. The molecule has 0 aliphatic carbocycles. The molecule has 4 nitrogen and oxygen atoms in total. The van der Waals surface area contributed by atoms with Gasteiger partial charge in [-0.25, -0.2) is 4.98 Å². The van der Waals surface area contributed by atoms with Gasteiger partial charge >= 0.3 is 0 Å². The lowest BCUT2D eigenvalue weighted by atomic mass is 9.95. The van der Waals surface area contributed by atoms with E-state index < -0.39 is 0 Å². The van der Waals surface area contributed by atoms with Gasteiger partial charge in [-0.2, -0.15) is 5.10 Å². The zero-order chi connectivity index (χ0) is 14.5. The fourth-order valence-corrected chi connectivity index (χ4v) is 3.22. The number of piperidine rings is 1. The van der Waals surface area contributed by atoms with Crippen LogP contribution in [-0.4, -0.2) is 39.7 Å². The van der Waals surface area contributed by atoms with Crippen LogP contribution in [0.15, 0.2) is 36.7 Å². The summed E-state index contributed by atoms with van der Waals surface area (Å²) in [6.07, 6.45) is 5.31. The molecule has 3 rings (SSSR count). The minimum Gasteiger partial charge on any atom is -0.303 e. The van der Waals surface area contributed by atoms with Crippen LogP contribution in [0.1, 0.15) is 49.4 Å². The molecule has 1 N–H and O–H groups in total. The molecule has 0 bridgehead atoms. The molecule has 0 radical (unpaired) electrons. The smallest absolute Gasteiger partial charge is 0.137 e. The molecule has 0 saturated carbocycles. The number of benzene rings is 1. The largest absolute Gasteiger partial charge is 0.303 e. The summed E-state index contributed by atoms with van der Waals surface area (Å²) in [5.74, 6) is 2.20. The minimum absolute atomic E-state index is 0.522. The van der Waals surface area contributed by atoms with Crippen molar-refractivity contribution in [3.63, 3.8) is 0 Å². The van der Waals surface area contributed by atoms with Crippen LogP contribution in [0.3, 0.4) is 0 Å². The van der Waals surface area contributed by atoms with Crippen molar-refractivity contribution in [2.24, 2.45) is 0 Å². The lowest BCUT2D eigenvalue weighted by Gasteiger charge is -2.32. The van der Waals surface area contributed by atoms with E-state index in [2.05, 4.69) is 57.3 Å². The quantitative estimate of drug-likeness (QED) is 0.917. The second-order valence-corrected chi connectivity index (χ2v) is 6.11. The maximum Gasteiger partial charge on any atom is 0.137 e. The Labute approximate surface area is 126 Å². The molecule has 21 heavy (non-hydrogen) atoms. The van der Waals surface area contributed by atoms with Gasteiger partial charge in [0.25, 0.3) is 0 Å². The predicted octanol–water partition coefficient (Wildman–Crippen LogP) is 3.18. The maximum atomic E-state index is 4.32. The van der Waals surface area contributed by atoms with Crippen molar-refractivity contribution in [2.45, 2.75) is 38.0 Å². The van der Waals surface area contributed by atoms with Crippen LogP contribution >= 0.6 is 0 Å². The van der Waals surface area contributed by atoms with Gasteiger partial charge in [0.05, 0.1) is 0 Å². The Morgan fingerprint density at radius 3 is 2.95 bits per heavy atom. The predicted molar refractivity (Wildman–Crippen MR) is 84.3 cm³/mol. The van der Waals surface area contributed by atoms with E-state index in [1.807, 2.05) is 0 Å². The molecule has 0 unspecified atom stereocenters. The van der Waals surface area contributed by atoms with Gasteiger partial charge in [-0.1, -0.05) is 37.3 Å². The van der Waals surface area contributed by atoms with E-state index in [4.69, 9.17) is 0 Å². The second kappa shape index (κ2) is 6.85. The van der Waals surface area contributed by atoms with Gasteiger partial charge in [-0.05, 0) is 43.8 Å². The number of hydrogen-bond donors (Lipinski definition) is 1. The first-order chi connectivity index (χ1) is 10.3. The van der Waals surface area contributed by atoms with Gasteiger partial charge in [-0.3, -0.25) is 5.10 Å². The van der Waals surface area contributed by atoms with Crippen LogP contribution in [0.2, 0.25) is 0 Å².